The van der Waals surface area contributed by atoms with Gasteiger partial charge in [0, 0.05) is 25.9 Å². The molecule has 0 saturated heterocycles. The van der Waals surface area contributed by atoms with Gasteiger partial charge in [-0.15, -0.1) is 0 Å². The van der Waals surface area contributed by atoms with E-state index in [9.17, 15) is 0 Å². The van der Waals surface area contributed by atoms with Gasteiger partial charge in [-0.1, -0.05) is 21.2 Å². The van der Waals surface area contributed by atoms with Crippen LogP contribution < -0.4 is 10.2 Å². The van der Waals surface area contributed by atoms with Gasteiger partial charge in [0.15, 0.2) is 0 Å². The number of hydrogen-bond acceptors (Lipinski definition) is 2. The largest absolute Gasteiger partial charge is 0.362 e. The molecule has 0 aliphatic rings. The van der Waals surface area contributed by atoms with Crippen molar-refractivity contribution in [3.8, 4) is 0 Å². The second kappa shape index (κ2) is 4.38. The van der Waals surface area contributed by atoms with Gasteiger partial charge in [-0.25, -0.2) is 4.98 Å². The Morgan fingerprint density at radius 2 is 2.23 bits per heavy atom. The van der Waals surface area contributed by atoms with Gasteiger partial charge in [0.2, 0.25) is 0 Å². The van der Waals surface area contributed by atoms with E-state index in [-0.39, 0.29) is 0 Å². The molecule has 0 fully saturated rings. The first kappa shape index (κ1) is 10.2. The number of nitrogens with zero attached hydrogens (tertiary/aromatic N) is 2. The predicted octanol–water partition coefficient (Wildman–Crippen LogP) is 1.72. The molecule has 1 aromatic rings. The molecular weight excluding hydrogens is 179 g/mol. The fourth-order valence-electron chi connectivity index (χ4n) is 1.24. The maximum absolute atomic E-state index is 4.32. The first-order chi connectivity index (χ1) is 6.20. The van der Waals surface area contributed by atoms with Crippen molar-refractivity contribution in [2.45, 2.75) is 0 Å². The lowest BCUT2D eigenvalue weighted by Gasteiger charge is -2.16. The van der Waals surface area contributed by atoms with Crippen molar-refractivity contribution in [1.29, 1.82) is 0 Å². The number of hydrogen-bond donors (Lipinski definition) is 0. The Morgan fingerprint density at radius 1 is 1.54 bits per heavy atom. The van der Waals surface area contributed by atoms with Crippen LogP contribution in [0.25, 0.3) is 6.08 Å². The minimum absolute atomic E-state index is 0.787. The summed E-state index contributed by atoms with van der Waals surface area (Å²) in [6, 6.07) is 2.06. The number of anilines is 1. The Kier molecular flexibility index (Phi) is 3.44. The highest BCUT2D eigenvalue weighted by molar-refractivity contribution is 7.46. The normalized spacial score (nSPS) is 10.7. The summed E-state index contributed by atoms with van der Waals surface area (Å²) in [4.78, 5) is 6.33. The van der Waals surface area contributed by atoms with E-state index >= 15 is 0 Å². The summed E-state index contributed by atoms with van der Waals surface area (Å²) in [6.45, 7) is 5.99. The van der Waals surface area contributed by atoms with Crippen LogP contribution in [-0.4, -0.2) is 25.7 Å². The van der Waals surface area contributed by atoms with Crippen molar-refractivity contribution in [1.82, 2.24) is 4.98 Å². The molecular formula is C10H15N2P. The standard InChI is InChI=1S/C10H15N2P/c1-5-8-9(13-4)6-7-11-10(8)12(2)3/h5-7,13H,1H2,2-4H3. The zero-order chi connectivity index (χ0) is 9.84. The van der Waals surface area contributed by atoms with E-state index in [1.165, 1.54) is 5.30 Å². The van der Waals surface area contributed by atoms with Gasteiger partial charge < -0.3 is 4.90 Å². The van der Waals surface area contributed by atoms with Crippen LogP contribution in [0, 0.1) is 0 Å². The monoisotopic (exact) mass is 194 g/mol. The third-order valence-electron chi connectivity index (χ3n) is 1.87. The van der Waals surface area contributed by atoms with Gasteiger partial charge in [0.1, 0.15) is 5.82 Å². The highest BCUT2D eigenvalue weighted by atomic mass is 31.1. The molecule has 0 saturated carbocycles. The highest BCUT2D eigenvalue weighted by Gasteiger charge is 2.06. The van der Waals surface area contributed by atoms with E-state index < -0.39 is 0 Å². The molecule has 0 amide bonds. The van der Waals surface area contributed by atoms with E-state index in [0.29, 0.717) is 0 Å². The summed E-state index contributed by atoms with van der Waals surface area (Å²) in [5, 5.41) is 1.33. The van der Waals surface area contributed by atoms with Gasteiger partial charge in [-0.3, -0.25) is 0 Å². The van der Waals surface area contributed by atoms with Crippen LogP contribution in [0.1, 0.15) is 5.56 Å². The molecule has 0 N–H and O–H groups in total. The lowest BCUT2D eigenvalue weighted by atomic mass is 10.2. The predicted molar refractivity (Wildman–Crippen MR) is 62.5 cm³/mol. The molecule has 13 heavy (non-hydrogen) atoms. The van der Waals surface area contributed by atoms with Crippen molar-refractivity contribution < 1.29 is 0 Å². The minimum Gasteiger partial charge on any atom is -0.362 e. The van der Waals surface area contributed by atoms with Crippen molar-refractivity contribution in [2.75, 3.05) is 25.7 Å². The molecule has 70 valence electrons. The second-order valence-electron chi connectivity index (χ2n) is 2.94. The summed E-state index contributed by atoms with van der Waals surface area (Å²) in [6.07, 6.45) is 3.74. The molecule has 1 rings (SSSR count). The van der Waals surface area contributed by atoms with Gasteiger partial charge in [-0.2, -0.15) is 0 Å². The second-order valence-corrected chi connectivity index (χ2v) is 3.98. The molecule has 1 heterocycles. The molecule has 1 unspecified atom stereocenters. The average molecular weight is 194 g/mol. The molecule has 2 nitrogen and oxygen atoms in total. The first-order valence-electron chi connectivity index (χ1n) is 4.17. The van der Waals surface area contributed by atoms with Crippen molar-refractivity contribution >= 4 is 25.8 Å². The lowest BCUT2D eigenvalue weighted by molar-refractivity contribution is 1.07. The summed E-state index contributed by atoms with van der Waals surface area (Å²) >= 11 is 0. The molecule has 0 aliphatic heterocycles. The Bertz CT molecular complexity index is 308. The SMILES string of the molecule is C=Cc1c(PC)ccnc1N(C)C. The fraction of sp³-hybridized carbons (Fsp3) is 0.300. The van der Waals surface area contributed by atoms with Crippen LogP contribution in [0.3, 0.4) is 0 Å². The van der Waals surface area contributed by atoms with Crippen molar-refractivity contribution in [3.63, 3.8) is 0 Å². The quantitative estimate of drug-likeness (QED) is 0.681. The lowest BCUT2D eigenvalue weighted by Crippen LogP contribution is -2.15. The molecule has 0 aliphatic carbocycles. The van der Waals surface area contributed by atoms with Crippen LogP contribution in [0.5, 0.6) is 0 Å². The summed E-state index contributed by atoms with van der Waals surface area (Å²) < 4.78 is 0. The van der Waals surface area contributed by atoms with E-state index in [1.54, 1.807) is 0 Å². The molecule has 0 bridgehead atoms. The van der Waals surface area contributed by atoms with Crippen molar-refractivity contribution in [2.24, 2.45) is 0 Å². The highest BCUT2D eigenvalue weighted by Crippen LogP contribution is 2.18. The number of aromatic nitrogens is 1. The Hall–Kier alpha value is -0.880. The molecule has 1 aromatic heterocycles. The van der Waals surface area contributed by atoms with E-state index in [4.69, 9.17) is 0 Å². The first-order valence-corrected chi connectivity index (χ1v) is 5.67. The van der Waals surface area contributed by atoms with E-state index in [0.717, 1.165) is 20.0 Å². The molecule has 0 aromatic carbocycles. The molecule has 0 spiro atoms. The smallest absolute Gasteiger partial charge is 0.135 e. The van der Waals surface area contributed by atoms with Gasteiger partial charge in [0.05, 0.1) is 0 Å². The Morgan fingerprint density at radius 3 is 2.69 bits per heavy atom. The maximum Gasteiger partial charge on any atom is 0.135 e. The molecule has 0 radical (unpaired) electrons. The van der Waals surface area contributed by atoms with E-state index in [1.807, 2.05) is 31.3 Å². The van der Waals surface area contributed by atoms with Gasteiger partial charge in [-0.05, 0) is 18.0 Å². The van der Waals surface area contributed by atoms with Crippen LogP contribution >= 0.6 is 8.58 Å². The molecule has 3 heteroatoms. The zero-order valence-corrected chi connectivity index (χ0v) is 9.33. The van der Waals surface area contributed by atoms with Crippen LogP contribution in [-0.2, 0) is 0 Å². The Labute approximate surface area is 81.5 Å². The van der Waals surface area contributed by atoms with E-state index in [2.05, 4.69) is 24.3 Å². The number of rotatable bonds is 3. The summed E-state index contributed by atoms with van der Waals surface area (Å²) in [5.74, 6) is 1.00. The Balaban J connectivity index is 3.27. The molecule has 1 atom stereocenters. The summed E-state index contributed by atoms with van der Waals surface area (Å²) in [7, 11) is 4.78. The average Bonchev–Trinajstić information content (AvgIpc) is 2.16. The third kappa shape index (κ3) is 2.07. The maximum atomic E-state index is 4.32. The van der Waals surface area contributed by atoms with Gasteiger partial charge in [0.25, 0.3) is 0 Å². The topological polar surface area (TPSA) is 16.1 Å². The van der Waals surface area contributed by atoms with Crippen LogP contribution in [0.15, 0.2) is 18.8 Å². The third-order valence-corrected chi connectivity index (χ3v) is 2.84. The van der Waals surface area contributed by atoms with Gasteiger partial charge >= 0.3 is 0 Å². The zero-order valence-electron chi connectivity index (χ0n) is 8.33. The fourth-order valence-corrected chi connectivity index (χ4v) is 1.96. The van der Waals surface area contributed by atoms with Crippen LogP contribution in [0.4, 0.5) is 5.82 Å². The summed E-state index contributed by atoms with van der Waals surface area (Å²) in [5.41, 5.74) is 1.16. The van der Waals surface area contributed by atoms with Crippen LogP contribution in [0.2, 0.25) is 0 Å². The number of pyridine rings is 1. The van der Waals surface area contributed by atoms with Crippen molar-refractivity contribution in [3.05, 3.63) is 24.4 Å². The minimum atomic E-state index is 0.787.